The van der Waals surface area contributed by atoms with Gasteiger partial charge in [-0.2, -0.15) is 5.10 Å². The highest BCUT2D eigenvalue weighted by molar-refractivity contribution is 5.98. The first kappa shape index (κ1) is 15.5. The summed E-state index contributed by atoms with van der Waals surface area (Å²) < 4.78 is 1.49. The maximum Gasteiger partial charge on any atom is 0.271 e. The Hall–Kier alpha value is -1.56. The molecule has 0 saturated heterocycles. The Morgan fingerprint density at radius 2 is 2.16 bits per heavy atom. The molecule has 1 unspecified atom stereocenters. The highest BCUT2D eigenvalue weighted by Crippen LogP contribution is 2.17. The lowest BCUT2D eigenvalue weighted by atomic mass is 10.0. The number of rotatable bonds is 6. The second kappa shape index (κ2) is 6.56. The van der Waals surface area contributed by atoms with Crippen molar-refractivity contribution < 1.29 is 9.90 Å². The molecule has 1 heterocycles. The van der Waals surface area contributed by atoms with E-state index in [1.807, 2.05) is 20.8 Å². The number of aliphatic hydroxyl groups is 1. The van der Waals surface area contributed by atoms with Crippen LogP contribution in [0.3, 0.4) is 0 Å². The Kier molecular flexibility index (Phi) is 5.35. The van der Waals surface area contributed by atoms with E-state index in [4.69, 9.17) is 5.73 Å². The molecule has 0 aliphatic rings. The van der Waals surface area contributed by atoms with Crippen LogP contribution in [0.4, 0.5) is 5.69 Å². The summed E-state index contributed by atoms with van der Waals surface area (Å²) in [6.45, 7) is 5.95. The van der Waals surface area contributed by atoms with Crippen molar-refractivity contribution in [2.75, 3.05) is 12.3 Å². The SMILES string of the molecule is CCc1nn(C)c(C(=O)NC(CO)CC(C)C)c1N. The highest BCUT2D eigenvalue weighted by atomic mass is 16.3. The maximum atomic E-state index is 12.2. The molecule has 0 aromatic carbocycles. The van der Waals surface area contributed by atoms with E-state index in [2.05, 4.69) is 10.4 Å². The summed E-state index contributed by atoms with van der Waals surface area (Å²) in [6.07, 6.45) is 1.41. The van der Waals surface area contributed by atoms with Gasteiger partial charge in [0.25, 0.3) is 5.91 Å². The fourth-order valence-electron chi connectivity index (χ4n) is 2.13. The molecule has 1 atom stereocenters. The van der Waals surface area contributed by atoms with Crippen LogP contribution in [-0.2, 0) is 13.5 Å². The first-order valence-corrected chi connectivity index (χ1v) is 6.63. The third kappa shape index (κ3) is 3.70. The van der Waals surface area contributed by atoms with E-state index in [9.17, 15) is 9.90 Å². The minimum Gasteiger partial charge on any atom is -0.395 e. The summed E-state index contributed by atoms with van der Waals surface area (Å²) in [5.74, 6) is 0.111. The summed E-state index contributed by atoms with van der Waals surface area (Å²) >= 11 is 0. The van der Waals surface area contributed by atoms with Crippen molar-refractivity contribution in [2.45, 2.75) is 39.7 Å². The van der Waals surface area contributed by atoms with Crippen molar-refractivity contribution in [3.8, 4) is 0 Å². The van der Waals surface area contributed by atoms with Crippen LogP contribution in [0.5, 0.6) is 0 Å². The van der Waals surface area contributed by atoms with E-state index in [0.717, 1.165) is 12.1 Å². The minimum atomic E-state index is -0.285. The van der Waals surface area contributed by atoms with Crippen LogP contribution in [0, 0.1) is 5.92 Å². The number of nitrogens with two attached hydrogens (primary N) is 1. The van der Waals surface area contributed by atoms with Crippen molar-refractivity contribution in [1.29, 1.82) is 0 Å². The molecule has 1 amide bonds. The highest BCUT2D eigenvalue weighted by Gasteiger charge is 2.21. The molecule has 0 aliphatic heterocycles. The first-order chi connectivity index (χ1) is 8.90. The van der Waals surface area contributed by atoms with Crippen LogP contribution in [0.2, 0.25) is 0 Å². The summed E-state index contributed by atoms with van der Waals surface area (Å²) in [7, 11) is 1.70. The molecule has 0 bridgehead atoms. The van der Waals surface area contributed by atoms with Gasteiger partial charge in [-0.05, 0) is 18.8 Å². The summed E-state index contributed by atoms with van der Waals surface area (Å²) in [5.41, 5.74) is 7.43. The van der Waals surface area contributed by atoms with Crippen LogP contribution >= 0.6 is 0 Å². The molecule has 0 fully saturated rings. The third-order valence-electron chi connectivity index (χ3n) is 3.02. The van der Waals surface area contributed by atoms with Gasteiger partial charge in [0.1, 0.15) is 5.69 Å². The molecule has 1 aromatic heterocycles. The zero-order valence-electron chi connectivity index (χ0n) is 12.1. The number of nitrogen functional groups attached to an aromatic ring is 1. The Balaban J connectivity index is 2.85. The zero-order valence-corrected chi connectivity index (χ0v) is 12.1. The Labute approximate surface area is 114 Å². The summed E-state index contributed by atoms with van der Waals surface area (Å²) in [4.78, 5) is 12.2. The lowest BCUT2D eigenvalue weighted by Crippen LogP contribution is -2.39. The van der Waals surface area contributed by atoms with Crippen LogP contribution in [0.1, 0.15) is 43.4 Å². The van der Waals surface area contributed by atoms with Gasteiger partial charge in [-0.1, -0.05) is 20.8 Å². The van der Waals surface area contributed by atoms with Crippen molar-refractivity contribution in [3.05, 3.63) is 11.4 Å². The van der Waals surface area contributed by atoms with Gasteiger partial charge in [0.15, 0.2) is 0 Å². The molecule has 0 spiro atoms. The molecule has 108 valence electrons. The number of carbonyl (C=O) groups is 1. The number of aromatic nitrogens is 2. The molecule has 4 N–H and O–H groups in total. The Morgan fingerprint density at radius 3 is 2.58 bits per heavy atom. The van der Waals surface area contributed by atoms with E-state index in [0.29, 0.717) is 23.7 Å². The molecule has 6 heteroatoms. The number of nitrogens with one attached hydrogen (secondary N) is 1. The molecular weight excluding hydrogens is 244 g/mol. The molecule has 0 radical (unpaired) electrons. The van der Waals surface area contributed by atoms with Crippen molar-refractivity contribution in [2.24, 2.45) is 13.0 Å². The molecule has 0 saturated carbocycles. The molecule has 1 rings (SSSR count). The number of hydrogen-bond acceptors (Lipinski definition) is 4. The van der Waals surface area contributed by atoms with Crippen molar-refractivity contribution >= 4 is 11.6 Å². The van der Waals surface area contributed by atoms with Crippen LogP contribution < -0.4 is 11.1 Å². The number of carbonyl (C=O) groups excluding carboxylic acids is 1. The van der Waals surface area contributed by atoms with Gasteiger partial charge in [0.05, 0.1) is 24.0 Å². The standard InChI is InChI=1S/C13H24N4O2/c1-5-10-11(14)12(17(4)16-10)13(19)15-9(7-18)6-8(2)3/h8-9,18H,5-7,14H2,1-4H3,(H,15,19). The molecule has 6 nitrogen and oxygen atoms in total. The number of amides is 1. The number of hydrogen-bond donors (Lipinski definition) is 3. The smallest absolute Gasteiger partial charge is 0.271 e. The van der Waals surface area contributed by atoms with Gasteiger partial charge in [-0.3, -0.25) is 9.48 Å². The van der Waals surface area contributed by atoms with Crippen LogP contribution in [0.15, 0.2) is 0 Å². The molecule has 1 aromatic rings. The van der Waals surface area contributed by atoms with Crippen molar-refractivity contribution in [3.63, 3.8) is 0 Å². The van der Waals surface area contributed by atoms with E-state index >= 15 is 0 Å². The quantitative estimate of drug-likeness (QED) is 0.708. The molecule has 0 aliphatic carbocycles. The molecular formula is C13H24N4O2. The summed E-state index contributed by atoms with van der Waals surface area (Å²) in [6, 6.07) is -0.258. The number of anilines is 1. The normalized spacial score (nSPS) is 12.7. The molecule has 19 heavy (non-hydrogen) atoms. The minimum absolute atomic E-state index is 0.0810. The van der Waals surface area contributed by atoms with Gasteiger partial charge in [-0.15, -0.1) is 0 Å². The van der Waals surface area contributed by atoms with Crippen molar-refractivity contribution in [1.82, 2.24) is 15.1 Å². The summed E-state index contributed by atoms with van der Waals surface area (Å²) in [5, 5.41) is 16.3. The predicted molar refractivity (Wildman–Crippen MR) is 74.8 cm³/mol. The lowest BCUT2D eigenvalue weighted by molar-refractivity contribution is 0.0899. The van der Waals surface area contributed by atoms with Crippen LogP contribution in [-0.4, -0.2) is 33.4 Å². The average Bonchev–Trinajstić information content (AvgIpc) is 2.62. The Bertz CT molecular complexity index is 440. The Morgan fingerprint density at radius 1 is 1.53 bits per heavy atom. The van der Waals surface area contributed by atoms with Crippen LogP contribution in [0.25, 0.3) is 0 Å². The van der Waals surface area contributed by atoms with E-state index in [-0.39, 0.29) is 18.6 Å². The number of nitrogens with zero attached hydrogens (tertiary/aromatic N) is 2. The van der Waals surface area contributed by atoms with E-state index < -0.39 is 0 Å². The zero-order chi connectivity index (χ0) is 14.6. The van der Waals surface area contributed by atoms with Gasteiger partial charge >= 0.3 is 0 Å². The number of aliphatic hydroxyl groups excluding tert-OH is 1. The van der Waals surface area contributed by atoms with Gasteiger partial charge in [0, 0.05) is 7.05 Å². The van der Waals surface area contributed by atoms with Gasteiger partial charge in [0.2, 0.25) is 0 Å². The second-order valence-electron chi connectivity index (χ2n) is 5.17. The number of aryl methyl sites for hydroxylation is 2. The first-order valence-electron chi connectivity index (χ1n) is 6.63. The second-order valence-corrected chi connectivity index (χ2v) is 5.17. The van der Waals surface area contributed by atoms with Gasteiger partial charge in [-0.25, -0.2) is 0 Å². The fraction of sp³-hybridized carbons (Fsp3) is 0.692. The third-order valence-corrected chi connectivity index (χ3v) is 3.02. The average molecular weight is 268 g/mol. The lowest BCUT2D eigenvalue weighted by Gasteiger charge is -2.18. The van der Waals surface area contributed by atoms with E-state index in [1.165, 1.54) is 4.68 Å². The topological polar surface area (TPSA) is 93.2 Å². The van der Waals surface area contributed by atoms with Gasteiger partial charge < -0.3 is 16.2 Å². The largest absolute Gasteiger partial charge is 0.395 e. The van der Waals surface area contributed by atoms with E-state index in [1.54, 1.807) is 7.05 Å². The fourth-order valence-corrected chi connectivity index (χ4v) is 2.13. The monoisotopic (exact) mass is 268 g/mol. The maximum absolute atomic E-state index is 12.2. The predicted octanol–water partition coefficient (Wildman–Crippen LogP) is 0.702.